The number of nitrogens with zero attached hydrogens (tertiary/aromatic N) is 4. The van der Waals surface area contributed by atoms with Gasteiger partial charge in [-0.3, -0.25) is 9.59 Å². The Morgan fingerprint density at radius 1 is 1.24 bits per heavy atom. The molecule has 8 nitrogen and oxygen atoms in total. The van der Waals surface area contributed by atoms with Crippen molar-refractivity contribution in [2.75, 3.05) is 12.9 Å². The molecular formula is C19H20ClN5O3S. The summed E-state index contributed by atoms with van der Waals surface area (Å²) in [5, 5.41) is 8.20. The number of nitrogens with one attached hydrogen (secondary N) is 1. The molecule has 2 aromatic heterocycles. The quantitative estimate of drug-likeness (QED) is 0.451. The highest BCUT2D eigenvalue weighted by Gasteiger charge is 2.17. The smallest absolute Gasteiger partial charge is 0.310 e. The monoisotopic (exact) mass is 433 g/mol. The fourth-order valence-electron chi connectivity index (χ4n) is 2.76. The van der Waals surface area contributed by atoms with Crippen LogP contribution in [0.2, 0.25) is 5.02 Å². The molecule has 3 rings (SSSR count). The molecule has 3 aromatic rings. The van der Waals surface area contributed by atoms with Crippen LogP contribution in [-0.4, -0.2) is 44.3 Å². The minimum absolute atomic E-state index is 0.00708. The van der Waals surface area contributed by atoms with Crippen molar-refractivity contribution in [1.82, 2.24) is 24.9 Å². The SMILES string of the molecule is CSc1nc2nc(C)c(CC(=O)OCC(=O)NCc3ccccc3Cl)c(C)n2n1. The molecule has 0 saturated heterocycles. The first-order valence-electron chi connectivity index (χ1n) is 8.81. The lowest BCUT2D eigenvalue weighted by Gasteiger charge is -2.11. The number of thioether (sulfide) groups is 1. The number of halogens is 1. The summed E-state index contributed by atoms with van der Waals surface area (Å²) in [5.74, 6) is -0.433. The number of hydrogen-bond acceptors (Lipinski definition) is 7. The molecule has 1 amide bonds. The third-order valence-corrected chi connectivity index (χ3v) is 5.24. The third kappa shape index (κ3) is 5.04. The normalized spacial score (nSPS) is 10.9. The van der Waals surface area contributed by atoms with Gasteiger partial charge in [0.2, 0.25) is 5.16 Å². The second kappa shape index (κ2) is 9.23. The number of amides is 1. The first-order valence-corrected chi connectivity index (χ1v) is 10.4. The number of benzene rings is 1. The van der Waals surface area contributed by atoms with Crippen LogP contribution in [0.15, 0.2) is 29.4 Å². The summed E-state index contributed by atoms with van der Waals surface area (Å²) in [5.41, 5.74) is 2.93. The summed E-state index contributed by atoms with van der Waals surface area (Å²) in [6.07, 6.45) is 1.87. The van der Waals surface area contributed by atoms with E-state index in [1.165, 1.54) is 11.8 Å². The Morgan fingerprint density at radius 3 is 2.72 bits per heavy atom. The van der Waals surface area contributed by atoms with Gasteiger partial charge in [-0.1, -0.05) is 41.6 Å². The van der Waals surface area contributed by atoms with Gasteiger partial charge in [-0.05, 0) is 31.7 Å². The lowest BCUT2D eigenvalue weighted by atomic mass is 10.1. The molecule has 0 atom stereocenters. The minimum atomic E-state index is -0.518. The van der Waals surface area contributed by atoms with E-state index in [4.69, 9.17) is 16.3 Å². The molecule has 0 fully saturated rings. The van der Waals surface area contributed by atoms with Crippen LogP contribution in [0, 0.1) is 13.8 Å². The number of ether oxygens (including phenoxy) is 1. The number of esters is 1. The highest BCUT2D eigenvalue weighted by molar-refractivity contribution is 7.98. The fourth-order valence-corrected chi connectivity index (χ4v) is 3.30. The topological polar surface area (TPSA) is 98.5 Å². The molecule has 152 valence electrons. The number of rotatable bonds is 7. The van der Waals surface area contributed by atoms with E-state index < -0.39 is 11.9 Å². The number of carbonyl (C=O) groups is 2. The first kappa shape index (κ1) is 21.1. The second-order valence-electron chi connectivity index (χ2n) is 6.28. The Morgan fingerprint density at radius 2 is 2.00 bits per heavy atom. The molecule has 0 unspecified atom stereocenters. The van der Waals surface area contributed by atoms with Crippen LogP contribution in [0.5, 0.6) is 0 Å². The molecule has 29 heavy (non-hydrogen) atoms. The van der Waals surface area contributed by atoms with Gasteiger partial charge < -0.3 is 10.1 Å². The molecule has 0 aliphatic carbocycles. The zero-order valence-corrected chi connectivity index (χ0v) is 17.8. The van der Waals surface area contributed by atoms with Gasteiger partial charge in [0.15, 0.2) is 6.61 Å². The van der Waals surface area contributed by atoms with Crippen LogP contribution in [0.25, 0.3) is 5.78 Å². The van der Waals surface area contributed by atoms with Gasteiger partial charge in [-0.15, -0.1) is 5.10 Å². The van der Waals surface area contributed by atoms with Crippen LogP contribution < -0.4 is 5.32 Å². The maximum Gasteiger partial charge on any atom is 0.310 e. The molecule has 0 aliphatic heterocycles. The highest BCUT2D eigenvalue weighted by Crippen LogP contribution is 2.17. The standard InChI is InChI=1S/C19H20ClN5O3S/c1-11-14(12(2)25-18(22-11)23-19(24-25)29-3)8-17(27)28-10-16(26)21-9-13-6-4-5-7-15(13)20/h4-7H,8-10H2,1-3H3,(H,21,26). The van der Waals surface area contributed by atoms with Gasteiger partial charge in [0.1, 0.15) is 0 Å². The van der Waals surface area contributed by atoms with Crippen LogP contribution >= 0.6 is 23.4 Å². The van der Waals surface area contributed by atoms with E-state index >= 15 is 0 Å². The predicted molar refractivity (Wildman–Crippen MR) is 110 cm³/mol. The summed E-state index contributed by atoms with van der Waals surface area (Å²) in [7, 11) is 0. The number of hydrogen-bond donors (Lipinski definition) is 1. The Bertz CT molecular complexity index is 1070. The van der Waals surface area contributed by atoms with Crippen LogP contribution in [-0.2, 0) is 27.3 Å². The Kier molecular flexibility index (Phi) is 6.71. The summed E-state index contributed by atoms with van der Waals surface area (Å²) < 4.78 is 6.72. The van der Waals surface area contributed by atoms with E-state index in [9.17, 15) is 9.59 Å². The van der Waals surface area contributed by atoms with Gasteiger partial charge in [-0.25, -0.2) is 9.50 Å². The number of aryl methyl sites for hydroxylation is 2. The Hall–Kier alpha value is -2.65. The summed E-state index contributed by atoms with van der Waals surface area (Å²) in [6.45, 7) is 3.55. The van der Waals surface area contributed by atoms with E-state index in [1.54, 1.807) is 17.5 Å². The first-order chi connectivity index (χ1) is 13.9. The maximum atomic E-state index is 12.2. The Labute approximate surface area is 177 Å². The largest absolute Gasteiger partial charge is 0.455 e. The fraction of sp³-hybridized carbons (Fsp3) is 0.316. The predicted octanol–water partition coefficient (Wildman–Crippen LogP) is 2.52. The van der Waals surface area contributed by atoms with E-state index in [0.717, 1.165) is 11.3 Å². The van der Waals surface area contributed by atoms with Gasteiger partial charge in [0, 0.05) is 28.5 Å². The zero-order chi connectivity index (χ0) is 21.0. The summed E-state index contributed by atoms with van der Waals surface area (Å²) in [6, 6.07) is 7.21. The van der Waals surface area contributed by atoms with Crippen molar-refractivity contribution in [2.24, 2.45) is 0 Å². The molecule has 0 bridgehead atoms. The molecule has 0 spiro atoms. The molecule has 1 N–H and O–H groups in total. The average molecular weight is 434 g/mol. The van der Waals surface area contributed by atoms with Crippen molar-refractivity contribution in [3.05, 3.63) is 51.8 Å². The van der Waals surface area contributed by atoms with Crippen molar-refractivity contribution in [3.63, 3.8) is 0 Å². The van der Waals surface area contributed by atoms with Crippen molar-refractivity contribution in [1.29, 1.82) is 0 Å². The van der Waals surface area contributed by atoms with E-state index in [2.05, 4.69) is 20.4 Å². The number of fused-ring (bicyclic) bond motifs is 1. The lowest BCUT2D eigenvalue weighted by molar-refractivity contribution is -0.147. The molecule has 0 aliphatic rings. The zero-order valence-electron chi connectivity index (χ0n) is 16.2. The highest BCUT2D eigenvalue weighted by atomic mass is 35.5. The van der Waals surface area contributed by atoms with Gasteiger partial charge >= 0.3 is 5.97 Å². The molecular weight excluding hydrogens is 414 g/mol. The summed E-state index contributed by atoms with van der Waals surface area (Å²) >= 11 is 7.47. The van der Waals surface area contributed by atoms with E-state index in [0.29, 0.717) is 27.2 Å². The van der Waals surface area contributed by atoms with E-state index in [-0.39, 0.29) is 19.6 Å². The maximum absolute atomic E-state index is 12.2. The van der Waals surface area contributed by atoms with Crippen LogP contribution in [0.1, 0.15) is 22.5 Å². The third-order valence-electron chi connectivity index (χ3n) is 4.33. The molecule has 2 heterocycles. The number of carbonyl (C=O) groups excluding carboxylic acids is 2. The van der Waals surface area contributed by atoms with Gasteiger partial charge in [-0.2, -0.15) is 4.98 Å². The van der Waals surface area contributed by atoms with Crippen molar-refractivity contribution >= 4 is 41.0 Å². The molecule has 0 radical (unpaired) electrons. The second-order valence-corrected chi connectivity index (χ2v) is 7.46. The van der Waals surface area contributed by atoms with Gasteiger partial charge in [0.25, 0.3) is 11.7 Å². The minimum Gasteiger partial charge on any atom is -0.455 e. The van der Waals surface area contributed by atoms with E-state index in [1.807, 2.05) is 31.4 Å². The molecule has 1 aromatic carbocycles. The van der Waals surface area contributed by atoms with Gasteiger partial charge in [0.05, 0.1) is 6.42 Å². The molecule has 10 heteroatoms. The molecule has 0 saturated carbocycles. The van der Waals surface area contributed by atoms with Crippen molar-refractivity contribution < 1.29 is 14.3 Å². The summed E-state index contributed by atoms with van der Waals surface area (Å²) in [4.78, 5) is 32.9. The Balaban J connectivity index is 1.58. The van der Waals surface area contributed by atoms with Crippen molar-refractivity contribution in [2.45, 2.75) is 32.0 Å². The average Bonchev–Trinajstić information content (AvgIpc) is 3.12. The van der Waals surface area contributed by atoms with Crippen LogP contribution in [0.4, 0.5) is 0 Å². The number of aromatic nitrogens is 4. The van der Waals surface area contributed by atoms with Crippen LogP contribution in [0.3, 0.4) is 0 Å². The lowest BCUT2D eigenvalue weighted by Crippen LogP contribution is -2.29. The van der Waals surface area contributed by atoms with Crippen molar-refractivity contribution in [3.8, 4) is 0 Å².